The number of hydrogen-bond acceptors (Lipinski definition) is 8. The van der Waals surface area contributed by atoms with Gasteiger partial charge < -0.3 is 14.4 Å². The first-order chi connectivity index (χ1) is 16.6. The van der Waals surface area contributed by atoms with E-state index in [-0.39, 0.29) is 11.8 Å². The highest BCUT2D eigenvalue weighted by Crippen LogP contribution is 2.33. The Balaban J connectivity index is 1.31. The Morgan fingerprint density at radius 2 is 2.06 bits per heavy atom. The van der Waals surface area contributed by atoms with Crippen LogP contribution in [0, 0.1) is 0 Å². The van der Waals surface area contributed by atoms with E-state index in [1.54, 1.807) is 48.8 Å². The van der Waals surface area contributed by atoms with Crippen molar-refractivity contribution in [1.82, 2.24) is 20.1 Å². The van der Waals surface area contributed by atoms with Gasteiger partial charge in [-0.2, -0.15) is 16.4 Å². The van der Waals surface area contributed by atoms with Gasteiger partial charge >= 0.3 is 0 Å². The number of aromatic amines is 1. The van der Waals surface area contributed by atoms with E-state index in [1.165, 1.54) is 22.7 Å². The summed E-state index contributed by atoms with van der Waals surface area (Å²) in [6.45, 7) is 0.960. The summed E-state index contributed by atoms with van der Waals surface area (Å²) in [6.07, 6.45) is 0.622. The Labute approximate surface area is 203 Å². The van der Waals surface area contributed by atoms with Gasteiger partial charge in [-0.3, -0.25) is 20.0 Å². The van der Waals surface area contributed by atoms with Gasteiger partial charge in [0.2, 0.25) is 0 Å². The van der Waals surface area contributed by atoms with Crippen LogP contribution in [0.5, 0.6) is 11.5 Å². The first-order valence-electron chi connectivity index (χ1n) is 10.4. The summed E-state index contributed by atoms with van der Waals surface area (Å²) in [5.74, 6) is 0.972. The number of ether oxygens (including phenoxy) is 2. The number of fused-ring (bicyclic) bond motifs is 1. The molecule has 0 bridgehead atoms. The number of carbonyl (C=O) groups is 2. The largest absolute Gasteiger partial charge is 0.497 e. The Morgan fingerprint density at radius 3 is 2.82 bits per heavy atom. The van der Waals surface area contributed by atoms with Crippen LogP contribution >= 0.6 is 22.7 Å². The van der Waals surface area contributed by atoms with Crippen LogP contribution in [0.1, 0.15) is 31.4 Å². The number of aromatic nitrogens is 3. The number of amides is 2. The molecule has 4 heterocycles. The van der Waals surface area contributed by atoms with Crippen molar-refractivity contribution in [2.75, 3.05) is 26.1 Å². The van der Waals surface area contributed by atoms with Crippen LogP contribution in [0.15, 0.2) is 41.1 Å². The molecule has 2 amide bonds. The quantitative estimate of drug-likeness (QED) is 0.418. The second-order valence-electron chi connectivity index (χ2n) is 7.56. The summed E-state index contributed by atoms with van der Waals surface area (Å²) in [6, 6.07) is 8.91. The van der Waals surface area contributed by atoms with Gasteiger partial charge in [-0.05, 0) is 35.7 Å². The van der Waals surface area contributed by atoms with Gasteiger partial charge in [-0.1, -0.05) is 11.3 Å². The monoisotopic (exact) mass is 495 g/mol. The number of hydrogen-bond donors (Lipinski definition) is 2. The highest BCUT2D eigenvalue weighted by Gasteiger charge is 2.27. The third-order valence-electron chi connectivity index (χ3n) is 5.51. The first kappa shape index (κ1) is 22.1. The maximum Gasteiger partial charge on any atom is 0.272 e. The van der Waals surface area contributed by atoms with Gasteiger partial charge in [0, 0.05) is 28.8 Å². The molecule has 0 spiro atoms. The lowest BCUT2D eigenvalue weighted by Gasteiger charge is -2.25. The molecule has 0 saturated carbocycles. The van der Waals surface area contributed by atoms with E-state index >= 15 is 0 Å². The summed E-state index contributed by atoms with van der Waals surface area (Å²) < 4.78 is 10.7. The van der Waals surface area contributed by atoms with E-state index < -0.39 is 0 Å². The number of benzene rings is 1. The van der Waals surface area contributed by atoms with Gasteiger partial charge in [-0.25, -0.2) is 4.98 Å². The molecule has 0 fully saturated rings. The zero-order chi connectivity index (χ0) is 23.7. The first-order valence-corrected chi connectivity index (χ1v) is 12.2. The third kappa shape index (κ3) is 4.27. The number of methoxy groups -OCH3 is 2. The number of rotatable bonds is 6. The predicted octanol–water partition coefficient (Wildman–Crippen LogP) is 4.06. The van der Waals surface area contributed by atoms with Crippen molar-refractivity contribution in [3.05, 3.63) is 62.9 Å². The van der Waals surface area contributed by atoms with Crippen LogP contribution in [-0.4, -0.2) is 52.7 Å². The fourth-order valence-corrected chi connectivity index (χ4v) is 5.39. The molecular formula is C23H21N5O4S2. The summed E-state index contributed by atoms with van der Waals surface area (Å²) in [7, 11) is 3.18. The number of anilines is 1. The Bertz CT molecular complexity index is 1350. The molecule has 0 radical (unpaired) electrons. The van der Waals surface area contributed by atoms with Crippen LogP contribution in [0.2, 0.25) is 0 Å². The van der Waals surface area contributed by atoms with Crippen LogP contribution in [0.3, 0.4) is 0 Å². The normalized spacial score (nSPS) is 12.8. The number of thiophene rings is 1. The minimum Gasteiger partial charge on any atom is -0.497 e. The van der Waals surface area contributed by atoms with Crippen molar-refractivity contribution in [3.8, 4) is 22.8 Å². The van der Waals surface area contributed by atoms with Crippen molar-refractivity contribution in [2.45, 2.75) is 13.0 Å². The molecule has 174 valence electrons. The second kappa shape index (κ2) is 9.27. The molecule has 0 unspecified atom stereocenters. The van der Waals surface area contributed by atoms with E-state index in [9.17, 15) is 9.59 Å². The van der Waals surface area contributed by atoms with Crippen molar-refractivity contribution >= 4 is 39.6 Å². The molecule has 34 heavy (non-hydrogen) atoms. The lowest BCUT2D eigenvalue weighted by molar-refractivity contribution is 0.0730. The van der Waals surface area contributed by atoms with Crippen molar-refractivity contribution in [3.63, 3.8) is 0 Å². The average Bonchev–Trinajstić information content (AvgIpc) is 3.63. The smallest absolute Gasteiger partial charge is 0.272 e. The summed E-state index contributed by atoms with van der Waals surface area (Å²) >= 11 is 2.87. The Kier molecular flexibility index (Phi) is 6.03. The molecule has 5 rings (SSSR count). The Hall–Kier alpha value is -3.70. The van der Waals surface area contributed by atoms with Gasteiger partial charge in [0.05, 0.1) is 37.7 Å². The minimum atomic E-state index is -0.182. The molecule has 0 aliphatic carbocycles. The standard InChI is InChI=1S/C23H21N5O4S2/c1-31-14-3-4-19(32-2)15(9-14)17-10-18(27-26-17)22(30)28-7-5-16-20(11-28)34-23(24-16)25-21(29)13-6-8-33-12-13/h3-4,6,8-10,12H,5,7,11H2,1-2H3,(H,26,27)(H,24,25,29). The second-order valence-corrected chi connectivity index (χ2v) is 9.43. The molecular weight excluding hydrogens is 474 g/mol. The molecule has 11 heteroatoms. The van der Waals surface area contributed by atoms with Crippen LogP contribution in [0.4, 0.5) is 5.13 Å². The predicted molar refractivity (Wildman–Crippen MR) is 130 cm³/mol. The topological polar surface area (TPSA) is 109 Å². The molecule has 3 aromatic heterocycles. The van der Waals surface area contributed by atoms with E-state index in [2.05, 4.69) is 20.5 Å². The zero-order valence-electron chi connectivity index (χ0n) is 18.5. The molecule has 0 saturated heterocycles. The SMILES string of the molecule is COc1ccc(OC)c(-c2cc(C(=O)N3CCc4nc(NC(=O)c5ccsc5)sc4C3)[nH]n2)c1. The average molecular weight is 496 g/mol. The fraction of sp³-hybridized carbons (Fsp3) is 0.217. The van der Waals surface area contributed by atoms with E-state index in [1.807, 2.05) is 11.4 Å². The number of carbonyl (C=O) groups excluding carboxylic acids is 2. The summed E-state index contributed by atoms with van der Waals surface area (Å²) in [5.41, 5.74) is 3.23. The number of nitrogens with one attached hydrogen (secondary N) is 2. The van der Waals surface area contributed by atoms with Gasteiger partial charge in [0.25, 0.3) is 11.8 Å². The van der Waals surface area contributed by atoms with Crippen molar-refractivity contribution in [2.24, 2.45) is 0 Å². The van der Waals surface area contributed by atoms with Crippen LogP contribution < -0.4 is 14.8 Å². The van der Waals surface area contributed by atoms with Crippen molar-refractivity contribution in [1.29, 1.82) is 0 Å². The van der Waals surface area contributed by atoms with Gasteiger partial charge in [0.1, 0.15) is 17.2 Å². The Morgan fingerprint density at radius 1 is 1.18 bits per heavy atom. The van der Waals surface area contributed by atoms with E-state index in [4.69, 9.17) is 9.47 Å². The van der Waals surface area contributed by atoms with Gasteiger partial charge in [-0.15, -0.1) is 0 Å². The van der Waals surface area contributed by atoms with Crippen LogP contribution in [-0.2, 0) is 13.0 Å². The fourth-order valence-electron chi connectivity index (χ4n) is 3.74. The number of H-pyrrole nitrogens is 1. The number of nitrogens with zero attached hydrogens (tertiary/aromatic N) is 3. The molecule has 9 nitrogen and oxygen atoms in total. The molecule has 1 aliphatic heterocycles. The number of thiazole rings is 1. The highest BCUT2D eigenvalue weighted by molar-refractivity contribution is 7.16. The maximum atomic E-state index is 13.2. The van der Waals surface area contributed by atoms with Crippen LogP contribution in [0.25, 0.3) is 11.3 Å². The lowest BCUT2D eigenvalue weighted by atomic mass is 10.1. The van der Waals surface area contributed by atoms with E-state index in [0.29, 0.717) is 53.1 Å². The minimum absolute atomic E-state index is 0.150. The molecule has 1 aromatic carbocycles. The van der Waals surface area contributed by atoms with Gasteiger partial charge in [0.15, 0.2) is 5.13 Å². The highest BCUT2D eigenvalue weighted by atomic mass is 32.1. The molecule has 1 aliphatic rings. The molecule has 0 atom stereocenters. The third-order valence-corrected chi connectivity index (χ3v) is 7.19. The lowest BCUT2D eigenvalue weighted by Crippen LogP contribution is -2.35. The van der Waals surface area contributed by atoms with E-state index in [0.717, 1.165) is 16.1 Å². The summed E-state index contributed by atoms with van der Waals surface area (Å²) in [4.78, 5) is 32.8. The molecule has 4 aromatic rings. The molecule has 2 N–H and O–H groups in total. The maximum absolute atomic E-state index is 13.2. The van der Waals surface area contributed by atoms with Crippen molar-refractivity contribution < 1.29 is 19.1 Å². The zero-order valence-corrected chi connectivity index (χ0v) is 20.1. The summed E-state index contributed by atoms with van der Waals surface area (Å²) in [5, 5.41) is 14.2.